The number of benzene rings is 1. The van der Waals surface area contributed by atoms with E-state index < -0.39 is 5.82 Å². The normalized spacial score (nSPS) is 10.4. The average Bonchev–Trinajstić information content (AvgIpc) is 2.32. The minimum Gasteiger partial charge on any atom is -0.421 e. The number of ether oxygens (including phenoxy) is 1. The van der Waals surface area contributed by atoms with Gasteiger partial charge in [0.25, 0.3) is 0 Å². The fourth-order valence-electron chi connectivity index (χ4n) is 1.37. The molecule has 94 valence electrons. The van der Waals surface area contributed by atoms with Gasteiger partial charge < -0.3 is 4.74 Å². The summed E-state index contributed by atoms with van der Waals surface area (Å²) in [4.78, 5) is 8.09. The SMILES string of the molecule is Cc1cc(CCl)nc(Oc2ccc(Cl)cc2F)n1. The lowest BCUT2D eigenvalue weighted by atomic mass is 10.3. The van der Waals surface area contributed by atoms with E-state index in [9.17, 15) is 4.39 Å². The molecule has 0 unspecified atom stereocenters. The summed E-state index contributed by atoms with van der Waals surface area (Å²) in [5, 5.41) is 0.298. The van der Waals surface area contributed by atoms with Gasteiger partial charge in [0.1, 0.15) is 0 Å². The van der Waals surface area contributed by atoms with Crippen molar-refractivity contribution >= 4 is 23.2 Å². The second-order valence-corrected chi connectivity index (χ2v) is 4.30. The molecule has 0 aliphatic carbocycles. The van der Waals surface area contributed by atoms with E-state index in [1.54, 1.807) is 13.0 Å². The Kier molecular flexibility index (Phi) is 3.99. The van der Waals surface area contributed by atoms with Crippen molar-refractivity contribution in [2.24, 2.45) is 0 Å². The van der Waals surface area contributed by atoms with Crippen LogP contribution in [0.3, 0.4) is 0 Å². The summed E-state index contributed by atoms with van der Waals surface area (Å²) >= 11 is 11.3. The first-order chi connectivity index (χ1) is 8.58. The van der Waals surface area contributed by atoms with Crippen LogP contribution in [0.25, 0.3) is 0 Å². The smallest absolute Gasteiger partial charge is 0.322 e. The third-order valence-electron chi connectivity index (χ3n) is 2.12. The van der Waals surface area contributed by atoms with Crippen LogP contribution < -0.4 is 4.74 Å². The van der Waals surface area contributed by atoms with Crippen LogP contribution in [0, 0.1) is 12.7 Å². The molecule has 0 amide bonds. The van der Waals surface area contributed by atoms with E-state index in [1.165, 1.54) is 12.1 Å². The molecule has 0 spiro atoms. The van der Waals surface area contributed by atoms with Gasteiger partial charge in [-0.3, -0.25) is 0 Å². The van der Waals surface area contributed by atoms with Gasteiger partial charge in [-0.25, -0.2) is 9.37 Å². The van der Waals surface area contributed by atoms with Crippen LogP contribution in [-0.2, 0) is 5.88 Å². The van der Waals surface area contributed by atoms with Crippen molar-refractivity contribution in [2.45, 2.75) is 12.8 Å². The molecule has 0 saturated heterocycles. The summed E-state index contributed by atoms with van der Waals surface area (Å²) in [5.74, 6) is -0.312. The molecule has 1 aromatic carbocycles. The van der Waals surface area contributed by atoms with Gasteiger partial charge in [0.2, 0.25) is 0 Å². The van der Waals surface area contributed by atoms with Crippen molar-refractivity contribution in [1.82, 2.24) is 9.97 Å². The largest absolute Gasteiger partial charge is 0.421 e. The van der Waals surface area contributed by atoms with Crippen molar-refractivity contribution in [3.63, 3.8) is 0 Å². The van der Waals surface area contributed by atoms with E-state index >= 15 is 0 Å². The van der Waals surface area contributed by atoms with Gasteiger partial charge in [0.05, 0.1) is 11.6 Å². The minimum atomic E-state index is -0.569. The number of hydrogen-bond donors (Lipinski definition) is 0. The number of rotatable bonds is 3. The Labute approximate surface area is 114 Å². The average molecular weight is 287 g/mol. The maximum absolute atomic E-state index is 13.5. The highest BCUT2D eigenvalue weighted by atomic mass is 35.5. The highest BCUT2D eigenvalue weighted by molar-refractivity contribution is 6.30. The van der Waals surface area contributed by atoms with Crippen LogP contribution in [0.15, 0.2) is 24.3 Å². The molecule has 0 aliphatic rings. The summed E-state index contributed by atoms with van der Waals surface area (Å²) < 4.78 is 18.8. The number of nitrogens with zero attached hydrogens (tertiary/aromatic N) is 2. The lowest BCUT2D eigenvalue weighted by Crippen LogP contribution is -1.98. The van der Waals surface area contributed by atoms with Crippen molar-refractivity contribution < 1.29 is 9.13 Å². The second kappa shape index (κ2) is 5.50. The monoisotopic (exact) mass is 286 g/mol. The van der Waals surface area contributed by atoms with Gasteiger partial charge in [-0.15, -0.1) is 11.6 Å². The van der Waals surface area contributed by atoms with Crippen LogP contribution >= 0.6 is 23.2 Å². The van der Waals surface area contributed by atoms with Gasteiger partial charge in [0, 0.05) is 10.7 Å². The zero-order valence-corrected chi connectivity index (χ0v) is 11.0. The number of aryl methyl sites for hydroxylation is 1. The molecule has 0 N–H and O–H groups in total. The molecule has 0 bridgehead atoms. The molecule has 0 saturated carbocycles. The molecule has 0 radical (unpaired) electrons. The third kappa shape index (κ3) is 3.09. The predicted octanol–water partition coefficient (Wildman–Crippen LogP) is 4.11. The lowest BCUT2D eigenvalue weighted by Gasteiger charge is -2.07. The number of aromatic nitrogens is 2. The van der Waals surface area contributed by atoms with Gasteiger partial charge in [-0.1, -0.05) is 11.6 Å². The van der Waals surface area contributed by atoms with Crippen LogP contribution in [0.4, 0.5) is 4.39 Å². The van der Waals surface area contributed by atoms with E-state index in [1.807, 2.05) is 0 Å². The van der Waals surface area contributed by atoms with Gasteiger partial charge in [-0.05, 0) is 31.2 Å². The zero-order valence-electron chi connectivity index (χ0n) is 9.45. The molecule has 1 heterocycles. The van der Waals surface area contributed by atoms with Crippen molar-refractivity contribution in [1.29, 1.82) is 0 Å². The fourth-order valence-corrected chi connectivity index (χ4v) is 1.67. The molecule has 2 rings (SSSR count). The quantitative estimate of drug-likeness (QED) is 0.797. The Hall–Kier alpha value is -1.39. The molecule has 18 heavy (non-hydrogen) atoms. The fraction of sp³-hybridized carbons (Fsp3) is 0.167. The van der Waals surface area contributed by atoms with E-state index in [2.05, 4.69) is 9.97 Å². The van der Waals surface area contributed by atoms with Gasteiger partial charge in [-0.2, -0.15) is 4.98 Å². The molecule has 0 atom stereocenters. The van der Waals surface area contributed by atoms with Crippen LogP contribution in [0.1, 0.15) is 11.4 Å². The van der Waals surface area contributed by atoms with E-state index in [4.69, 9.17) is 27.9 Å². The molecular weight excluding hydrogens is 278 g/mol. The van der Waals surface area contributed by atoms with E-state index in [-0.39, 0.29) is 17.6 Å². The lowest BCUT2D eigenvalue weighted by molar-refractivity contribution is 0.408. The van der Waals surface area contributed by atoms with Crippen LogP contribution in [-0.4, -0.2) is 9.97 Å². The topological polar surface area (TPSA) is 35.0 Å². The van der Waals surface area contributed by atoms with Gasteiger partial charge >= 0.3 is 6.01 Å². The Bertz CT molecular complexity index is 578. The third-order valence-corrected chi connectivity index (χ3v) is 2.63. The summed E-state index contributed by atoms with van der Waals surface area (Å²) in [6.45, 7) is 1.78. The first kappa shape index (κ1) is 13.1. The second-order valence-electron chi connectivity index (χ2n) is 3.59. The summed E-state index contributed by atoms with van der Waals surface area (Å²) in [5.41, 5.74) is 1.32. The van der Waals surface area contributed by atoms with Gasteiger partial charge in [0.15, 0.2) is 11.6 Å². The molecule has 0 aliphatic heterocycles. The Morgan fingerprint density at radius 1 is 1.28 bits per heavy atom. The van der Waals surface area contributed by atoms with Crippen LogP contribution in [0.5, 0.6) is 11.8 Å². The Morgan fingerprint density at radius 2 is 2.06 bits per heavy atom. The summed E-state index contributed by atoms with van der Waals surface area (Å²) in [7, 11) is 0. The maximum atomic E-state index is 13.5. The number of alkyl halides is 1. The number of halogens is 3. The molecule has 3 nitrogen and oxygen atoms in total. The predicted molar refractivity (Wildman–Crippen MR) is 67.8 cm³/mol. The number of hydrogen-bond acceptors (Lipinski definition) is 3. The summed E-state index contributed by atoms with van der Waals surface area (Å²) in [6.07, 6.45) is 0. The first-order valence-corrected chi connectivity index (χ1v) is 6.03. The zero-order chi connectivity index (χ0) is 13.1. The standard InChI is InChI=1S/C12H9Cl2FN2O/c1-7-4-9(6-13)17-12(16-7)18-11-3-2-8(14)5-10(11)15/h2-5H,6H2,1H3. The molecule has 1 aromatic heterocycles. The Balaban J connectivity index is 2.30. The molecular formula is C12H9Cl2FN2O. The summed E-state index contributed by atoms with van der Waals surface area (Å²) in [6, 6.07) is 5.90. The molecule has 2 aromatic rings. The van der Waals surface area contributed by atoms with E-state index in [0.29, 0.717) is 16.4 Å². The highest BCUT2D eigenvalue weighted by Crippen LogP contribution is 2.25. The Morgan fingerprint density at radius 3 is 2.72 bits per heavy atom. The van der Waals surface area contributed by atoms with Crippen LogP contribution in [0.2, 0.25) is 5.02 Å². The minimum absolute atomic E-state index is 0.0190. The van der Waals surface area contributed by atoms with Crippen molar-refractivity contribution in [3.8, 4) is 11.8 Å². The van der Waals surface area contributed by atoms with Crippen molar-refractivity contribution in [3.05, 3.63) is 46.5 Å². The molecule has 6 heteroatoms. The molecule has 0 fully saturated rings. The first-order valence-electron chi connectivity index (χ1n) is 5.12. The maximum Gasteiger partial charge on any atom is 0.322 e. The van der Waals surface area contributed by atoms with E-state index in [0.717, 1.165) is 6.07 Å². The highest BCUT2D eigenvalue weighted by Gasteiger charge is 2.09. The van der Waals surface area contributed by atoms with Crippen molar-refractivity contribution in [2.75, 3.05) is 0 Å².